The molecular weight excluding hydrogens is 298 g/mol. The van der Waals surface area contributed by atoms with Crippen molar-refractivity contribution in [2.24, 2.45) is 0 Å². The van der Waals surface area contributed by atoms with E-state index in [0.29, 0.717) is 25.4 Å². The zero-order valence-electron chi connectivity index (χ0n) is 13.5. The van der Waals surface area contributed by atoms with Crippen LogP contribution >= 0.6 is 0 Å². The van der Waals surface area contributed by atoms with Crippen molar-refractivity contribution in [3.05, 3.63) is 29.8 Å². The van der Waals surface area contributed by atoms with Gasteiger partial charge < -0.3 is 19.5 Å². The van der Waals surface area contributed by atoms with Gasteiger partial charge in [0.15, 0.2) is 0 Å². The topological polar surface area (TPSA) is 76.1 Å². The number of aliphatic carboxylic acids is 1. The van der Waals surface area contributed by atoms with Crippen molar-refractivity contribution in [3.8, 4) is 5.75 Å². The molecule has 1 aromatic carbocycles. The highest BCUT2D eigenvalue weighted by Crippen LogP contribution is 2.21. The van der Waals surface area contributed by atoms with Crippen molar-refractivity contribution in [3.63, 3.8) is 0 Å². The van der Waals surface area contributed by atoms with Crippen LogP contribution in [0, 0.1) is 0 Å². The lowest BCUT2D eigenvalue weighted by Gasteiger charge is -2.32. The van der Waals surface area contributed by atoms with Crippen LogP contribution in [0.4, 0.5) is 0 Å². The van der Waals surface area contributed by atoms with Gasteiger partial charge in [-0.15, -0.1) is 0 Å². The highest BCUT2D eigenvalue weighted by Gasteiger charge is 2.26. The third-order valence-corrected chi connectivity index (χ3v) is 3.57. The minimum atomic E-state index is -0.917. The largest absolute Gasteiger partial charge is 0.491 e. The first-order valence-electron chi connectivity index (χ1n) is 7.81. The molecule has 0 aromatic heterocycles. The molecule has 23 heavy (non-hydrogen) atoms. The Morgan fingerprint density at radius 1 is 1.39 bits per heavy atom. The molecule has 1 aliphatic rings. The summed E-state index contributed by atoms with van der Waals surface area (Å²) in [4.78, 5) is 25.0. The molecule has 0 saturated carbocycles. The molecule has 1 heterocycles. The lowest BCUT2D eigenvalue weighted by Crippen LogP contribution is -2.46. The Morgan fingerprint density at radius 3 is 2.83 bits per heavy atom. The molecule has 126 valence electrons. The number of rotatable bonds is 6. The molecule has 1 atom stereocenters. The summed E-state index contributed by atoms with van der Waals surface area (Å²) in [5.74, 6) is -0.241. The number of para-hydroxylation sites is 1. The van der Waals surface area contributed by atoms with Crippen LogP contribution in [0.1, 0.15) is 25.8 Å². The molecule has 6 nitrogen and oxygen atoms in total. The molecule has 1 aromatic rings. The minimum absolute atomic E-state index is 0.0367. The van der Waals surface area contributed by atoms with E-state index >= 15 is 0 Å². The maximum absolute atomic E-state index is 12.5. The number of carboxylic acids is 1. The van der Waals surface area contributed by atoms with E-state index < -0.39 is 12.1 Å². The Hall–Kier alpha value is -2.08. The Morgan fingerprint density at radius 2 is 2.13 bits per heavy atom. The molecular formula is C17H23NO5. The van der Waals surface area contributed by atoms with Gasteiger partial charge in [0.2, 0.25) is 5.91 Å². The van der Waals surface area contributed by atoms with Gasteiger partial charge in [-0.2, -0.15) is 0 Å². The van der Waals surface area contributed by atoms with E-state index in [-0.39, 0.29) is 24.9 Å². The number of morpholine rings is 1. The van der Waals surface area contributed by atoms with Crippen molar-refractivity contribution in [2.75, 3.05) is 19.7 Å². The fourth-order valence-corrected chi connectivity index (χ4v) is 2.56. The lowest BCUT2D eigenvalue weighted by atomic mass is 10.1. The summed E-state index contributed by atoms with van der Waals surface area (Å²) in [6.07, 6.45) is -0.249. The Bertz CT molecular complexity index is 558. The van der Waals surface area contributed by atoms with E-state index in [1.807, 2.05) is 38.1 Å². The van der Waals surface area contributed by atoms with Crippen molar-refractivity contribution in [1.82, 2.24) is 4.90 Å². The second-order valence-corrected chi connectivity index (χ2v) is 5.88. The number of carbonyl (C=O) groups excluding carboxylic acids is 1. The van der Waals surface area contributed by atoms with E-state index in [1.54, 1.807) is 4.90 Å². The summed E-state index contributed by atoms with van der Waals surface area (Å²) in [6, 6.07) is 7.49. The summed E-state index contributed by atoms with van der Waals surface area (Å²) in [6.45, 7) is 5.06. The average Bonchev–Trinajstić information content (AvgIpc) is 2.48. The van der Waals surface area contributed by atoms with Crippen molar-refractivity contribution in [2.45, 2.75) is 38.9 Å². The third kappa shape index (κ3) is 5.25. The van der Waals surface area contributed by atoms with Crippen LogP contribution in [0.15, 0.2) is 24.3 Å². The Kier molecular flexibility index (Phi) is 5.98. The molecule has 2 rings (SSSR count). The van der Waals surface area contributed by atoms with Gasteiger partial charge in [0.05, 0.1) is 31.7 Å². The van der Waals surface area contributed by atoms with Gasteiger partial charge in [-0.05, 0) is 19.9 Å². The van der Waals surface area contributed by atoms with E-state index in [0.717, 1.165) is 5.56 Å². The first-order chi connectivity index (χ1) is 11.0. The zero-order valence-corrected chi connectivity index (χ0v) is 13.5. The van der Waals surface area contributed by atoms with Crippen LogP contribution < -0.4 is 4.74 Å². The second-order valence-electron chi connectivity index (χ2n) is 5.88. The number of carboxylic acid groups (broad SMARTS) is 1. The van der Waals surface area contributed by atoms with Crippen molar-refractivity contribution < 1.29 is 24.2 Å². The number of hydrogen-bond donors (Lipinski definition) is 1. The average molecular weight is 321 g/mol. The predicted molar refractivity (Wildman–Crippen MR) is 84.5 cm³/mol. The molecule has 0 bridgehead atoms. The van der Waals surface area contributed by atoms with E-state index in [1.165, 1.54) is 0 Å². The molecule has 0 spiro atoms. The molecule has 1 N–H and O–H groups in total. The first kappa shape index (κ1) is 17.3. The predicted octanol–water partition coefficient (Wildman–Crippen LogP) is 1.72. The summed E-state index contributed by atoms with van der Waals surface area (Å²) in [7, 11) is 0. The highest BCUT2D eigenvalue weighted by atomic mass is 16.5. The lowest BCUT2D eigenvalue weighted by molar-refractivity contribution is -0.147. The molecule has 1 aliphatic heterocycles. The van der Waals surface area contributed by atoms with Gasteiger partial charge in [0.25, 0.3) is 0 Å². The van der Waals surface area contributed by atoms with Crippen molar-refractivity contribution >= 4 is 11.9 Å². The van der Waals surface area contributed by atoms with Crippen LogP contribution in [0.3, 0.4) is 0 Å². The van der Waals surface area contributed by atoms with Crippen LogP contribution in [0.5, 0.6) is 5.75 Å². The zero-order chi connectivity index (χ0) is 16.8. The van der Waals surface area contributed by atoms with Gasteiger partial charge in [0, 0.05) is 18.7 Å². The van der Waals surface area contributed by atoms with Gasteiger partial charge >= 0.3 is 5.97 Å². The van der Waals surface area contributed by atoms with Crippen molar-refractivity contribution in [1.29, 1.82) is 0 Å². The SMILES string of the molecule is CC(C)Oc1ccccc1CC(=O)N1CCOC(CC(=O)O)C1. The number of amides is 1. The van der Waals surface area contributed by atoms with Crippen LogP contribution in [0.2, 0.25) is 0 Å². The number of ether oxygens (including phenoxy) is 2. The van der Waals surface area contributed by atoms with E-state index in [2.05, 4.69) is 0 Å². The number of nitrogens with zero attached hydrogens (tertiary/aromatic N) is 1. The maximum Gasteiger partial charge on any atom is 0.306 e. The van der Waals surface area contributed by atoms with Gasteiger partial charge in [-0.3, -0.25) is 9.59 Å². The van der Waals surface area contributed by atoms with Gasteiger partial charge in [-0.1, -0.05) is 18.2 Å². The van der Waals surface area contributed by atoms with Crippen LogP contribution in [-0.2, 0) is 20.7 Å². The van der Waals surface area contributed by atoms with Gasteiger partial charge in [-0.25, -0.2) is 0 Å². The first-order valence-corrected chi connectivity index (χ1v) is 7.81. The monoisotopic (exact) mass is 321 g/mol. The van der Waals surface area contributed by atoms with Gasteiger partial charge in [0.1, 0.15) is 5.75 Å². The quantitative estimate of drug-likeness (QED) is 0.863. The molecule has 1 fully saturated rings. The summed E-state index contributed by atoms with van der Waals surface area (Å²) in [5.41, 5.74) is 0.840. The number of hydrogen-bond acceptors (Lipinski definition) is 4. The number of carbonyl (C=O) groups is 2. The van der Waals surface area contributed by atoms with E-state index in [9.17, 15) is 9.59 Å². The molecule has 0 radical (unpaired) electrons. The van der Waals surface area contributed by atoms with E-state index in [4.69, 9.17) is 14.6 Å². The second kappa shape index (κ2) is 7.97. The van der Waals surface area contributed by atoms with Crippen LogP contribution in [-0.4, -0.2) is 53.8 Å². The fraction of sp³-hybridized carbons (Fsp3) is 0.529. The summed E-state index contributed by atoms with van der Waals surface area (Å²) in [5, 5.41) is 8.85. The smallest absolute Gasteiger partial charge is 0.306 e. The number of benzene rings is 1. The summed E-state index contributed by atoms with van der Waals surface area (Å²) < 4.78 is 11.1. The molecule has 0 aliphatic carbocycles. The Balaban J connectivity index is 2.00. The molecule has 1 amide bonds. The third-order valence-electron chi connectivity index (χ3n) is 3.57. The summed E-state index contributed by atoms with van der Waals surface area (Å²) >= 11 is 0. The fourth-order valence-electron chi connectivity index (χ4n) is 2.56. The highest BCUT2D eigenvalue weighted by molar-refractivity contribution is 5.79. The molecule has 1 unspecified atom stereocenters. The minimum Gasteiger partial charge on any atom is -0.491 e. The maximum atomic E-state index is 12.5. The normalized spacial score (nSPS) is 18.0. The molecule has 1 saturated heterocycles. The standard InChI is InChI=1S/C17H23NO5/c1-12(2)23-15-6-4-3-5-13(15)9-16(19)18-7-8-22-14(11-18)10-17(20)21/h3-6,12,14H,7-11H2,1-2H3,(H,20,21). The van der Waals surface area contributed by atoms with Crippen LogP contribution in [0.25, 0.3) is 0 Å². The Labute approximate surface area is 136 Å². The molecule has 6 heteroatoms.